The summed E-state index contributed by atoms with van der Waals surface area (Å²) in [6.45, 7) is 0. The van der Waals surface area contributed by atoms with Crippen molar-refractivity contribution in [1.82, 2.24) is 0 Å². The largest absolute Gasteiger partial charge is 1.00 e. The van der Waals surface area contributed by atoms with Gasteiger partial charge in [0.2, 0.25) is 0 Å². The fourth-order valence-electron chi connectivity index (χ4n) is 0. The van der Waals surface area contributed by atoms with Crippen molar-refractivity contribution in [2.75, 3.05) is 0 Å². The van der Waals surface area contributed by atoms with Crippen LogP contribution in [0.15, 0.2) is 0 Å². The minimum atomic E-state index is -3.39. The molecule has 0 aliphatic heterocycles. The average Bonchev–Trinajstić information content (AvgIpc) is 0.722. The average molecular weight is 321 g/mol. The Balaban J connectivity index is 0. The molecule has 0 aromatic carbocycles. The van der Waals surface area contributed by atoms with Crippen molar-refractivity contribution < 1.29 is 16.7 Å². The number of hydrogen-bond acceptors (Lipinski definition) is 0. The van der Waals surface area contributed by atoms with Crippen LogP contribution in [0.1, 0.15) is 1.43 Å². The molecular formula is HCl4Hf+. The topological polar surface area (TPSA) is 0 Å². The zero-order chi connectivity index (χ0) is 4.50. The van der Waals surface area contributed by atoms with Gasteiger partial charge in [0, 0.05) is 0 Å². The van der Waals surface area contributed by atoms with Gasteiger partial charge in [-0.05, 0) is 0 Å². The third-order valence-corrected chi connectivity index (χ3v) is 0. The molecule has 0 saturated carbocycles. The summed E-state index contributed by atoms with van der Waals surface area (Å²) in [4.78, 5) is 0. The van der Waals surface area contributed by atoms with Crippen LogP contribution in [0.25, 0.3) is 0 Å². The summed E-state index contributed by atoms with van der Waals surface area (Å²) in [6.07, 6.45) is 0. The molecule has 0 aromatic heterocycles. The van der Waals surface area contributed by atoms with E-state index in [-0.39, 0.29) is 1.43 Å². The molecular weight excluding hydrogens is 320 g/mol. The van der Waals surface area contributed by atoms with E-state index in [2.05, 4.69) is 0 Å². The molecule has 5 heavy (non-hydrogen) atoms. The van der Waals surface area contributed by atoms with E-state index in [1.54, 1.807) is 0 Å². The van der Waals surface area contributed by atoms with Gasteiger partial charge < -0.3 is 0 Å². The zero-order valence-corrected chi connectivity index (χ0v) is 8.63. The van der Waals surface area contributed by atoms with Crippen molar-refractivity contribution in [2.45, 2.75) is 0 Å². The van der Waals surface area contributed by atoms with E-state index in [0.29, 0.717) is 0 Å². The molecule has 0 nitrogen and oxygen atoms in total. The van der Waals surface area contributed by atoms with E-state index in [0.717, 1.165) is 0 Å². The second-order valence-electron chi connectivity index (χ2n) is 0.429. The summed E-state index contributed by atoms with van der Waals surface area (Å²) < 4.78 is 0. The van der Waals surface area contributed by atoms with E-state index >= 15 is 0 Å². The first-order valence-corrected chi connectivity index (χ1v) is 18.6. The van der Waals surface area contributed by atoms with Gasteiger partial charge in [0.15, 0.2) is 0 Å². The van der Waals surface area contributed by atoms with E-state index in [1.165, 1.54) is 0 Å². The second-order valence-corrected chi connectivity index (χ2v) is 31.6. The number of hydrogen-bond donors (Lipinski definition) is 0. The van der Waals surface area contributed by atoms with Crippen LogP contribution in [0.2, 0.25) is 0 Å². The first-order valence-electron chi connectivity index (χ1n) is 0.756. The maximum Gasteiger partial charge on any atom is 1.00 e. The fourth-order valence-corrected chi connectivity index (χ4v) is 0. The molecule has 0 spiro atoms. The molecule has 0 atom stereocenters. The van der Waals surface area contributed by atoms with Crippen molar-refractivity contribution in [3.05, 3.63) is 0 Å². The van der Waals surface area contributed by atoms with Gasteiger partial charge in [-0.15, -0.1) is 0 Å². The Kier molecular flexibility index (Phi) is 3.33. The summed E-state index contributed by atoms with van der Waals surface area (Å²) in [7, 11) is 20.2. The summed E-state index contributed by atoms with van der Waals surface area (Å²) in [5.74, 6) is 0. The van der Waals surface area contributed by atoms with Gasteiger partial charge in [0.05, 0.1) is 0 Å². The van der Waals surface area contributed by atoms with Gasteiger partial charge in [0.1, 0.15) is 0 Å². The predicted molar refractivity (Wildman–Crippen MR) is 24.5 cm³/mol. The van der Waals surface area contributed by atoms with Crippen LogP contribution in [0.3, 0.4) is 0 Å². The van der Waals surface area contributed by atoms with Crippen LogP contribution in [0.4, 0.5) is 0 Å². The van der Waals surface area contributed by atoms with Crippen molar-refractivity contribution in [3.8, 4) is 0 Å². The van der Waals surface area contributed by atoms with Gasteiger partial charge in [0.25, 0.3) is 0 Å². The molecule has 32 valence electrons. The quantitative estimate of drug-likeness (QED) is 0.602. The number of rotatable bonds is 0. The van der Waals surface area contributed by atoms with Gasteiger partial charge in [-0.3, -0.25) is 0 Å². The van der Waals surface area contributed by atoms with Crippen LogP contribution in [0, 0.1) is 0 Å². The molecule has 0 bridgehead atoms. The van der Waals surface area contributed by atoms with E-state index in [9.17, 15) is 0 Å². The molecule has 0 unspecified atom stereocenters. The maximum atomic E-state index is 5.05. The Hall–Kier alpha value is 2.03. The molecule has 0 saturated heterocycles. The van der Waals surface area contributed by atoms with E-state index in [4.69, 9.17) is 34.3 Å². The Labute approximate surface area is 50.4 Å². The fraction of sp³-hybridized carbons (Fsp3) is 0. The SMILES string of the molecule is [Cl][Hf]([Cl])([Cl])[Cl].[H+]. The van der Waals surface area contributed by atoms with Gasteiger partial charge in [-0.25, -0.2) is 0 Å². The molecule has 0 radical (unpaired) electrons. The third-order valence-electron chi connectivity index (χ3n) is 0. The van der Waals surface area contributed by atoms with Crippen molar-refractivity contribution >= 4 is 34.3 Å². The summed E-state index contributed by atoms with van der Waals surface area (Å²) in [6, 6.07) is 0. The summed E-state index contributed by atoms with van der Waals surface area (Å²) >= 11 is -3.39. The summed E-state index contributed by atoms with van der Waals surface area (Å²) in [5.41, 5.74) is 0. The van der Waals surface area contributed by atoms with Crippen LogP contribution in [-0.4, -0.2) is 0 Å². The smallest absolute Gasteiger partial charge is 1.00 e. The number of halogens is 4. The van der Waals surface area contributed by atoms with E-state index in [1.807, 2.05) is 0 Å². The van der Waals surface area contributed by atoms with Gasteiger partial charge >= 0.3 is 51.0 Å². The van der Waals surface area contributed by atoms with Crippen molar-refractivity contribution in [3.63, 3.8) is 0 Å². The van der Waals surface area contributed by atoms with Gasteiger partial charge in [-0.2, -0.15) is 0 Å². The maximum absolute atomic E-state index is 5.05. The van der Waals surface area contributed by atoms with Crippen LogP contribution in [-0.2, 0) is 15.2 Å². The predicted octanol–water partition coefficient (Wildman–Crippen LogP) is 2.87. The van der Waals surface area contributed by atoms with Gasteiger partial charge in [-0.1, -0.05) is 0 Å². The Bertz CT molecular complexity index is 23.0. The standard InChI is InChI=1S/4ClH.Hf/h4*1H;/q;;;;+4/p-3. The van der Waals surface area contributed by atoms with Crippen LogP contribution < -0.4 is 0 Å². The molecule has 0 aliphatic rings. The Morgan fingerprint density at radius 3 is 1.00 bits per heavy atom. The van der Waals surface area contributed by atoms with Crippen molar-refractivity contribution in [2.24, 2.45) is 0 Å². The first-order chi connectivity index (χ1) is 2.00. The monoisotopic (exact) mass is 321 g/mol. The molecule has 0 fully saturated rings. The minimum absolute atomic E-state index is 0. The first kappa shape index (κ1) is 7.03. The molecule has 0 heterocycles. The Morgan fingerprint density at radius 2 is 1.00 bits per heavy atom. The zero-order valence-electron chi connectivity index (χ0n) is 3.01. The molecule has 0 aromatic rings. The molecule has 0 amide bonds. The van der Waals surface area contributed by atoms with Crippen molar-refractivity contribution in [1.29, 1.82) is 0 Å². The van der Waals surface area contributed by atoms with Crippen LogP contribution in [0.5, 0.6) is 0 Å². The summed E-state index contributed by atoms with van der Waals surface area (Å²) in [5, 5.41) is 0. The molecule has 0 rings (SSSR count). The second kappa shape index (κ2) is 2.37. The normalized spacial score (nSPS) is 12.0. The van der Waals surface area contributed by atoms with Crippen LogP contribution >= 0.6 is 34.3 Å². The minimum Gasteiger partial charge on any atom is 1.00 e. The molecule has 0 aliphatic carbocycles. The molecule has 5 heteroatoms. The Morgan fingerprint density at radius 1 is 1.00 bits per heavy atom. The van der Waals surface area contributed by atoms with E-state index < -0.39 is 15.2 Å². The third kappa shape index (κ3) is 23.8. The molecule has 0 N–H and O–H groups in total.